The van der Waals surface area contributed by atoms with E-state index in [0.29, 0.717) is 18.2 Å². The Morgan fingerprint density at radius 2 is 2.06 bits per heavy atom. The highest BCUT2D eigenvalue weighted by molar-refractivity contribution is 5.79. The summed E-state index contributed by atoms with van der Waals surface area (Å²) in [6.45, 7) is 14.2. The summed E-state index contributed by atoms with van der Waals surface area (Å²) in [7, 11) is 0. The number of anilines is 1. The lowest BCUT2D eigenvalue weighted by atomic mass is 10.1. The van der Waals surface area contributed by atoms with E-state index < -0.39 is 0 Å². The van der Waals surface area contributed by atoms with Crippen LogP contribution in [0.2, 0.25) is 0 Å². The summed E-state index contributed by atoms with van der Waals surface area (Å²) in [5.41, 5.74) is 1.57. The second kappa shape index (κ2) is 13.6. The molecule has 8 heteroatoms. The fourth-order valence-electron chi connectivity index (χ4n) is 4.07. The molecule has 2 N–H and O–H groups in total. The number of ether oxygens (including phenoxy) is 2. The Morgan fingerprint density at radius 3 is 2.75 bits per heavy atom. The van der Waals surface area contributed by atoms with Crippen molar-refractivity contribution in [3.63, 3.8) is 0 Å². The quantitative estimate of drug-likeness (QED) is 0.308. The van der Waals surface area contributed by atoms with Crippen molar-refractivity contribution in [3.8, 4) is 0 Å². The van der Waals surface area contributed by atoms with E-state index in [1.807, 2.05) is 19.1 Å². The zero-order valence-corrected chi connectivity index (χ0v) is 19.7. The lowest BCUT2D eigenvalue weighted by Gasteiger charge is -2.35. The molecule has 0 amide bonds. The van der Waals surface area contributed by atoms with Crippen molar-refractivity contribution in [2.75, 3.05) is 77.1 Å². The summed E-state index contributed by atoms with van der Waals surface area (Å²) < 4.78 is 25.9. The first-order valence-electron chi connectivity index (χ1n) is 12.1. The fraction of sp³-hybridized carbons (Fsp3) is 0.708. The number of hydrogen-bond acceptors (Lipinski definition) is 5. The zero-order valence-electron chi connectivity index (χ0n) is 19.7. The van der Waals surface area contributed by atoms with Gasteiger partial charge in [-0.2, -0.15) is 0 Å². The van der Waals surface area contributed by atoms with E-state index in [9.17, 15) is 4.39 Å². The Bertz CT molecular complexity index is 704. The smallest absolute Gasteiger partial charge is 0.191 e. The maximum absolute atomic E-state index is 14.8. The number of piperazine rings is 1. The van der Waals surface area contributed by atoms with Gasteiger partial charge in [0.2, 0.25) is 0 Å². The van der Waals surface area contributed by atoms with Crippen LogP contribution in [-0.4, -0.2) is 83.1 Å². The van der Waals surface area contributed by atoms with Crippen LogP contribution in [0.25, 0.3) is 0 Å². The average Bonchev–Trinajstić information content (AvgIpc) is 3.33. The summed E-state index contributed by atoms with van der Waals surface area (Å²) >= 11 is 0. The number of rotatable bonds is 11. The van der Waals surface area contributed by atoms with Crippen molar-refractivity contribution in [3.05, 3.63) is 29.6 Å². The lowest BCUT2D eigenvalue weighted by Crippen LogP contribution is -2.46. The summed E-state index contributed by atoms with van der Waals surface area (Å²) in [5.74, 6) is 1.14. The topological polar surface area (TPSA) is 61.4 Å². The molecule has 2 aliphatic heterocycles. The molecule has 1 atom stereocenters. The van der Waals surface area contributed by atoms with E-state index in [0.717, 1.165) is 96.6 Å². The van der Waals surface area contributed by atoms with Crippen LogP contribution in [0.3, 0.4) is 0 Å². The van der Waals surface area contributed by atoms with Gasteiger partial charge >= 0.3 is 0 Å². The molecule has 0 bridgehead atoms. The number of nitrogens with zero attached hydrogens (tertiary/aromatic N) is 3. The summed E-state index contributed by atoms with van der Waals surface area (Å²) in [6.07, 6.45) is 2.01. The van der Waals surface area contributed by atoms with E-state index in [1.54, 1.807) is 6.07 Å². The largest absolute Gasteiger partial charge is 0.381 e. The van der Waals surface area contributed by atoms with Crippen LogP contribution in [0.15, 0.2) is 23.2 Å². The van der Waals surface area contributed by atoms with Crippen molar-refractivity contribution in [1.82, 2.24) is 15.5 Å². The van der Waals surface area contributed by atoms with Crippen molar-refractivity contribution < 1.29 is 13.9 Å². The second-order valence-electron chi connectivity index (χ2n) is 8.49. The minimum Gasteiger partial charge on any atom is -0.381 e. The molecule has 0 saturated carbocycles. The van der Waals surface area contributed by atoms with Gasteiger partial charge in [0.15, 0.2) is 5.96 Å². The lowest BCUT2D eigenvalue weighted by molar-refractivity contribution is 0.0888. The zero-order chi connectivity index (χ0) is 22.6. The highest BCUT2D eigenvalue weighted by atomic mass is 19.1. The van der Waals surface area contributed by atoms with Gasteiger partial charge in [0.05, 0.1) is 25.4 Å². The fourth-order valence-corrected chi connectivity index (χ4v) is 4.07. The van der Waals surface area contributed by atoms with Crippen LogP contribution in [0, 0.1) is 11.7 Å². The first-order valence-corrected chi connectivity index (χ1v) is 12.1. The Kier molecular flexibility index (Phi) is 10.5. The van der Waals surface area contributed by atoms with Crippen LogP contribution >= 0.6 is 0 Å². The maximum Gasteiger partial charge on any atom is 0.191 e. The molecule has 1 unspecified atom stereocenters. The molecule has 32 heavy (non-hydrogen) atoms. The maximum atomic E-state index is 14.8. The Hall–Kier alpha value is -1.90. The molecule has 2 heterocycles. The Morgan fingerprint density at radius 1 is 1.22 bits per heavy atom. The van der Waals surface area contributed by atoms with Gasteiger partial charge in [-0.05, 0) is 44.0 Å². The number of aliphatic imine (C=N–C) groups is 1. The summed E-state index contributed by atoms with van der Waals surface area (Å²) in [5, 5.41) is 6.59. The molecule has 2 saturated heterocycles. The van der Waals surface area contributed by atoms with Gasteiger partial charge in [0.1, 0.15) is 5.82 Å². The molecule has 0 radical (unpaired) electrons. The highest BCUT2D eigenvalue weighted by Crippen LogP contribution is 2.22. The third kappa shape index (κ3) is 7.90. The second-order valence-corrected chi connectivity index (χ2v) is 8.49. The molecule has 1 aromatic carbocycles. The van der Waals surface area contributed by atoms with Crippen LogP contribution in [0.4, 0.5) is 10.1 Å². The Balaban J connectivity index is 1.42. The number of halogens is 1. The molecular weight excluding hydrogens is 409 g/mol. The number of guanidine groups is 1. The normalized spacial score (nSPS) is 20.0. The van der Waals surface area contributed by atoms with Gasteiger partial charge in [-0.15, -0.1) is 0 Å². The molecule has 2 aliphatic rings. The highest BCUT2D eigenvalue weighted by Gasteiger charge is 2.18. The molecular formula is C24H40FN5O2. The van der Waals surface area contributed by atoms with E-state index in [1.165, 1.54) is 0 Å². The van der Waals surface area contributed by atoms with Crippen molar-refractivity contribution in [2.24, 2.45) is 10.9 Å². The first-order chi connectivity index (χ1) is 15.7. The van der Waals surface area contributed by atoms with Gasteiger partial charge in [0, 0.05) is 58.4 Å². The monoisotopic (exact) mass is 449 g/mol. The SMILES string of the molecule is CCNC(=NCc1ccc(N2CCN(CC)CC2)c(F)c1)NCCCOCC1CCOC1. The van der Waals surface area contributed by atoms with Gasteiger partial charge in [0.25, 0.3) is 0 Å². The summed E-state index contributed by atoms with van der Waals surface area (Å²) in [4.78, 5) is 9.15. The van der Waals surface area contributed by atoms with Gasteiger partial charge in [-0.1, -0.05) is 13.0 Å². The average molecular weight is 450 g/mol. The van der Waals surface area contributed by atoms with Crippen molar-refractivity contribution in [1.29, 1.82) is 0 Å². The summed E-state index contributed by atoms with van der Waals surface area (Å²) in [6, 6.07) is 5.50. The van der Waals surface area contributed by atoms with E-state index in [2.05, 4.69) is 32.3 Å². The minimum absolute atomic E-state index is 0.162. The molecule has 0 aliphatic carbocycles. The van der Waals surface area contributed by atoms with E-state index in [4.69, 9.17) is 9.47 Å². The standard InChI is InChI=1S/C24H40FN5O2/c1-3-26-24(27-9-5-14-31-18-21-8-15-32-19-21)28-17-20-6-7-23(22(25)16-20)30-12-10-29(4-2)11-13-30/h6-7,16,21H,3-5,8-15,17-19H2,1-2H3,(H2,26,27,28). The number of likely N-dealkylation sites (N-methyl/N-ethyl adjacent to an activating group) is 1. The number of hydrogen-bond donors (Lipinski definition) is 2. The van der Waals surface area contributed by atoms with Crippen LogP contribution in [0.5, 0.6) is 0 Å². The Labute approximate surface area is 192 Å². The minimum atomic E-state index is -0.162. The third-order valence-corrected chi connectivity index (χ3v) is 6.07. The number of nitrogens with one attached hydrogen (secondary N) is 2. The van der Waals surface area contributed by atoms with Crippen LogP contribution < -0.4 is 15.5 Å². The molecule has 3 rings (SSSR count). The molecule has 180 valence electrons. The predicted molar refractivity (Wildman–Crippen MR) is 128 cm³/mol. The van der Waals surface area contributed by atoms with E-state index >= 15 is 0 Å². The number of benzene rings is 1. The van der Waals surface area contributed by atoms with Gasteiger partial charge < -0.3 is 29.9 Å². The molecule has 0 spiro atoms. The van der Waals surface area contributed by atoms with E-state index in [-0.39, 0.29) is 5.82 Å². The first kappa shape index (κ1) is 24.7. The molecule has 2 fully saturated rings. The third-order valence-electron chi connectivity index (χ3n) is 6.07. The van der Waals surface area contributed by atoms with Gasteiger partial charge in [-0.3, -0.25) is 0 Å². The van der Waals surface area contributed by atoms with Crippen LogP contribution in [-0.2, 0) is 16.0 Å². The van der Waals surface area contributed by atoms with Gasteiger partial charge in [-0.25, -0.2) is 9.38 Å². The predicted octanol–water partition coefficient (Wildman–Crippen LogP) is 2.47. The van der Waals surface area contributed by atoms with Crippen molar-refractivity contribution in [2.45, 2.75) is 33.2 Å². The van der Waals surface area contributed by atoms with Crippen molar-refractivity contribution >= 4 is 11.6 Å². The molecule has 0 aromatic heterocycles. The molecule has 7 nitrogen and oxygen atoms in total. The van der Waals surface area contributed by atoms with Crippen LogP contribution in [0.1, 0.15) is 32.3 Å². The molecule has 1 aromatic rings.